The fourth-order valence-electron chi connectivity index (χ4n) is 2.58. The van der Waals surface area contributed by atoms with Crippen LogP contribution in [0.5, 0.6) is 0 Å². The third-order valence-electron chi connectivity index (χ3n) is 4.17. The molecule has 1 amide bonds. The number of aromatic nitrogens is 2. The first-order valence-electron chi connectivity index (χ1n) is 8.88. The number of hydrogen-bond donors (Lipinski definition) is 2. The monoisotopic (exact) mass is 371 g/mol. The fraction of sp³-hybridized carbons (Fsp3) is 0.182. The highest BCUT2D eigenvalue weighted by Crippen LogP contribution is 2.24. The first kappa shape index (κ1) is 19.1. The number of carbonyl (C=O) groups is 1. The van der Waals surface area contributed by atoms with Crippen LogP contribution in [-0.2, 0) is 5.41 Å². The predicted octanol–water partition coefficient (Wildman–Crippen LogP) is 4.64. The lowest BCUT2D eigenvalue weighted by Gasteiger charge is -2.19. The average Bonchev–Trinajstić information content (AvgIpc) is 2.68. The van der Waals surface area contributed by atoms with Gasteiger partial charge in [0.25, 0.3) is 5.91 Å². The minimum absolute atomic E-state index is 0.0973. The molecule has 0 bridgehead atoms. The van der Waals surface area contributed by atoms with Crippen molar-refractivity contribution in [1.29, 1.82) is 5.26 Å². The van der Waals surface area contributed by atoms with E-state index in [2.05, 4.69) is 53.7 Å². The zero-order chi connectivity index (χ0) is 20.1. The summed E-state index contributed by atoms with van der Waals surface area (Å²) >= 11 is 0. The number of rotatable bonds is 4. The van der Waals surface area contributed by atoms with E-state index in [1.54, 1.807) is 36.4 Å². The summed E-state index contributed by atoms with van der Waals surface area (Å²) in [5.41, 5.74) is 3.44. The smallest absolute Gasteiger partial charge is 0.276 e. The van der Waals surface area contributed by atoms with Crippen LogP contribution < -0.4 is 10.6 Å². The van der Waals surface area contributed by atoms with Gasteiger partial charge in [-0.1, -0.05) is 39.0 Å². The number of nitrogens with zero attached hydrogens (tertiary/aromatic N) is 3. The van der Waals surface area contributed by atoms with Crippen molar-refractivity contribution in [2.75, 3.05) is 10.6 Å². The van der Waals surface area contributed by atoms with Crippen molar-refractivity contribution < 1.29 is 4.79 Å². The Labute approximate surface area is 164 Å². The van der Waals surface area contributed by atoms with Crippen molar-refractivity contribution in [2.45, 2.75) is 26.2 Å². The van der Waals surface area contributed by atoms with Crippen molar-refractivity contribution >= 4 is 23.1 Å². The Bertz CT molecular complexity index is 1010. The van der Waals surface area contributed by atoms with Gasteiger partial charge in [0.05, 0.1) is 11.6 Å². The summed E-state index contributed by atoms with van der Waals surface area (Å²) in [6.07, 6.45) is 0. The molecule has 2 N–H and O–H groups in total. The van der Waals surface area contributed by atoms with Gasteiger partial charge in [0, 0.05) is 11.4 Å². The van der Waals surface area contributed by atoms with Crippen molar-refractivity contribution in [2.24, 2.45) is 0 Å². The second-order valence-corrected chi connectivity index (χ2v) is 7.40. The fourth-order valence-corrected chi connectivity index (χ4v) is 2.58. The van der Waals surface area contributed by atoms with Crippen LogP contribution in [0.25, 0.3) is 0 Å². The van der Waals surface area contributed by atoms with Gasteiger partial charge in [-0.2, -0.15) is 5.26 Å². The topological polar surface area (TPSA) is 90.7 Å². The normalized spacial score (nSPS) is 10.8. The van der Waals surface area contributed by atoms with E-state index in [0.717, 1.165) is 5.69 Å². The first-order chi connectivity index (χ1) is 13.3. The first-order valence-corrected chi connectivity index (χ1v) is 8.88. The summed E-state index contributed by atoms with van der Waals surface area (Å²) in [5, 5.41) is 22.9. The maximum Gasteiger partial charge on any atom is 0.276 e. The number of carbonyl (C=O) groups excluding carboxylic acids is 1. The Morgan fingerprint density at radius 3 is 2.32 bits per heavy atom. The Hall–Kier alpha value is -3.72. The van der Waals surface area contributed by atoms with Gasteiger partial charge in [-0.15, -0.1) is 10.2 Å². The minimum atomic E-state index is -0.385. The number of nitriles is 1. The van der Waals surface area contributed by atoms with Crippen LogP contribution in [0.3, 0.4) is 0 Å². The zero-order valence-corrected chi connectivity index (χ0v) is 16.0. The molecule has 3 aromatic rings. The average molecular weight is 371 g/mol. The van der Waals surface area contributed by atoms with Gasteiger partial charge in [-0.05, 0) is 53.4 Å². The summed E-state index contributed by atoms with van der Waals surface area (Å²) in [6.45, 7) is 6.50. The summed E-state index contributed by atoms with van der Waals surface area (Å²) in [5.74, 6) is 0.162. The lowest BCUT2D eigenvalue weighted by atomic mass is 9.87. The molecule has 1 heterocycles. The maximum absolute atomic E-state index is 12.3. The molecule has 0 aliphatic rings. The van der Waals surface area contributed by atoms with Crippen LogP contribution in [0.1, 0.15) is 42.4 Å². The lowest BCUT2D eigenvalue weighted by Crippen LogP contribution is -2.14. The van der Waals surface area contributed by atoms with Gasteiger partial charge >= 0.3 is 0 Å². The Morgan fingerprint density at radius 2 is 1.71 bits per heavy atom. The second kappa shape index (κ2) is 7.89. The highest BCUT2D eigenvalue weighted by atomic mass is 16.1. The molecule has 0 saturated carbocycles. The molecular weight excluding hydrogens is 350 g/mol. The molecule has 0 unspecified atom stereocenters. The third-order valence-corrected chi connectivity index (χ3v) is 4.17. The molecule has 0 saturated heterocycles. The molecule has 0 radical (unpaired) electrons. The van der Waals surface area contributed by atoms with Crippen LogP contribution in [0.4, 0.5) is 17.2 Å². The minimum Gasteiger partial charge on any atom is -0.339 e. The molecule has 0 aliphatic heterocycles. The molecule has 1 aromatic heterocycles. The van der Waals surface area contributed by atoms with Gasteiger partial charge in [-0.25, -0.2) is 0 Å². The summed E-state index contributed by atoms with van der Waals surface area (Å²) in [4.78, 5) is 12.3. The van der Waals surface area contributed by atoms with E-state index >= 15 is 0 Å². The molecule has 0 atom stereocenters. The molecular formula is C22H21N5O. The maximum atomic E-state index is 12.3. The third kappa shape index (κ3) is 4.71. The summed E-state index contributed by atoms with van der Waals surface area (Å²) < 4.78 is 0. The highest BCUT2D eigenvalue weighted by molar-refractivity contribution is 6.02. The van der Waals surface area contributed by atoms with Crippen molar-refractivity contribution in [3.05, 3.63) is 77.5 Å². The van der Waals surface area contributed by atoms with Gasteiger partial charge in [0.2, 0.25) is 0 Å². The van der Waals surface area contributed by atoms with Gasteiger partial charge in [0.1, 0.15) is 0 Å². The predicted molar refractivity (Wildman–Crippen MR) is 110 cm³/mol. The number of nitrogens with one attached hydrogen (secondary N) is 2. The Kier molecular flexibility index (Phi) is 5.37. The van der Waals surface area contributed by atoms with Crippen molar-refractivity contribution in [3.63, 3.8) is 0 Å². The highest BCUT2D eigenvalue weighted by Gasteiger charge is 2.13. The van der Waals surface area contributed by atoms with E-state index in [0.29, 0.717) is 17.1 Å². The number of benzene rings is 2. The molecule has 0 aliphatic carbocycles. The van der Waals surface area contributed by atoms with Crippen LogP contribution in [0.2, 0.25) is 0 Å². The second-order valence-electron chi connectivity index (χ2n) is 7.40. The van der Waals surface area contributed by atoms with Crippen molar-refractivity contribution in [3.8, 4) is 6.07 Å². The Balaban J connectivity index is 1.66. The molecule has 3 rings (SSSR count). The van der Waals surface area contributed by atoms with Crippen LogP contribution in [-0.4, -0.2) is 16.1 Å². The number of amides is 1. The van der Waals surface area contributed by atoms with E-state index in [1.807, 2.05) is 18.2 Å². The van der Waals surface area contributed by atoms with E-state index in [-0.39, 0.29) is 17.0 Å². The standard InChI is InChI=1S/C22H21N5O/c1-22(2,3)16-7-9-17(10-8-16)24-20-12-11-19(26-27-20)21(28)25-18-6-4-5-15(13-18)14-23/h4-13H,1-3H3,(H,24,27)(H,25,28). The van der Waals surface area contributed by atoms with Gasteiger partial charge < -0.3 is 10.6 Å². The molecule has 28 heavy (non-hydrogen) atoms. The van der Waals surface area contributed by atoms with Crippen molar-refractivity contribution in [1.82, 2.24) is 10.2 Å². The van der Waals surface area contributed by atoms with Gasteiger partial charge in [-0.3, -0.25) is 4.79 Å². The van der Waals surface area contributed by atoms with Crippen LogP contribution in [0, 0.1) is 11.3 Å². The van der Waals surface area contributed by atoms with E-state index in [4.69, 9.17) is 5.26 Å². The number of anilines is 3. The summed E-state index contributed by atoms with van der Waals surface area (Å²) in [7, 11) is 0. The number of hydrogen-bond acceptors (Lipinski definition) is 5. The summed E-state index contributed by atoms with van der Waals surface area (Å²) in [6, 6.07) is 20.2. The van der Waals surface area contributed by atoms with Gasteiger partial charge in [0.15, 0.2) is 11.5 Å². The molecule has 2 aromatic carbocycles. The largest absolute Gasteiger partial charge is 0.339 e. The zero-order valence-electron chi connectivity index (χ0n) is 16.0. The lowest BCUT2D eigenvalue weighted by molar-refractivity contribution is 0.102. The van der Waals surface area contributed by atoms with E-state index in [9.17, 15) is 4.79 Å². The van der Waals surface area contributed by atoms with E-state index in [1.165, 1.54) is 5.56 Å². The SMILES string of the molecule is CC(C)(C)c1ccc(Nc2ccc(C(=O)Nc3cccc(C#N)c3)nn2)cc1. The molecule has 0 fully saturated rings. The molecule has 6 heteroatoms. The molecule has 6 nitrogen and oxygen atoms in total. The Morgan fingerprint density at radius 1 is 0.964 bits per heavy atom. The van der Waals surface area contributed by atoms with Crippen LogP contribution in [0.15, 0.2) is 60.7 Å². The molecule has 0 spiro atoms. The molecule has 140 valence electrons. The van der Waals surface area contributed by atoms with E-state index < -0.39 is 0 Å². The van der Waals surface area contributed by atoms with Crippen LogP contribution >= 0.6 is 0 Å². The quantitative estimate of drug-likeness (QED) is 0.697.